The first-order chi connectivity index (χ1) is 16.9. The van der Waals surface area contributed by atoms with Crippen LogP contribution in [0.3, 0.4) is 0 Å². The Morgan fingerprint density at radius 1 is 1.31 bits per heavy atom. The maximum absolute atomic E-state index is 14.3. The summed E-state index contributed by atoms with van der Waals surface area (Å²) in [6, 6.07) is 8.52. The summed E-state index contributed by atoms with van der Waals surface area (Å²) in [6.07, 6.45) is -0.979. The number of methoxy groups -OCH3 is 1. The Morgan fingerprint density at radius 2 is 2.11 bits per heavy atom. The van der Waals surface area contributed by atoms with Gasteiger partial charge in [0.15, 0.2) is 0 Å². The largest absolute Gasteiger partial charge is 0.495 e. The lowest BCUT2D eigenvalue weighted by atomic mass is 9.94. The number of hydrogen-bond acceptors (Lipinski definition) is 8. The maximum atomic E-state index is 14.3. The SMILES string of the molecule is COc1cc(C(O)CN2CCN3C[C@@H](c4ccc5c(c4C)COC5=O)OC[C@@H]3C2)cc(F)c1C#N.Cl. The predicted molar refractivity (Wildman–Crippen MR) is 131 cm³/mol. The Bertz CT molecular complexity index is 1200. The molecule has 36 heavy (non-hydrogen) atoms. The van der Waals surface area contributed by atoms with Crippen LogP contribution in [0.2, 0.25) is 0 Å². The van der Waals surface area contributed by atoms with Gasteiger partial charge >= 0.3 is 5.97 Å². The van der Waals surface area contributed by atoms with Crippen molar-refractivity contribution in [3.05, 3.63) is 63.5 Å². The van der Waals surface area contributed by atoms with Crippen LogP contribution in [-0.4, -0.2) is 73.4 Å². The molecule has 5 rings (SSSR count). The first kappa shape index (κ1) is 26.3. The molecule has 3 heterocycles. The number of hydrogen-bond donors (Lipinski definition) is 1. The van der Waals surface area contributed by atoms with E-state index < -0.39 is 11.9 Å². The number of rotatable bonds is 5. The fraction of sp³-hybridized carbons (Fsp3) is 0.462. The minimum atomic E-state index is -0.908. The number of carbonyl (C=O) groups is 1. The van der Waals surface area contributed by atoms with Gasteiger partial charge < -0.3 is 19.3 Å². The molecule has 1 unspecified atom stereocenters. The number of cyclic esters (lactones) is 1. The molecular formula is C26H29ClFN3O5. The summed E-state index contributed by atoms with van der Waals surface area (Å²) in [6.45, 7) is 6.32. The zero-order chi connectivity index (χ0) is 24.7. The third kappa shape index (κ3) is 4.80. The minimum Gasteiger partial charge on any atom is -0.495 e. The smallest absolute Gasteiger partial charge is 0.338 e. The monoisotopic (exact) mass is 517 g/mol. The Hall–Kier alpha value is -2.74. The van der Waals surface area contributed by atoms with Crippen LogP contribution in [0.15, 0.2) is 24.3 Å². The lowest BCUT2D eigenvalue weighted by Crippen LogP contribution is -2.58. The van der Waals surface area contributed by atoms with E-state index in [1.165, 1.54) is 19.2 Å². The van der Waals surface area contributed by atoms with Gasteiger partial charge in [-0.3, -0.25) is 9.80 Å². The van der Waals surface area contributed by atoms with E-state index in [1.54, 1.807) is 6.07 Å². The third-order valence-electron chi connectivity index (χ3n) is 7.36. The number of piperazine rings is 1. The van der Waals surface area contributed by atoms with Gasteiger partial charge in [0, 0.05) is 44.3 Å². The topological polar surface area (TPSA) is 95.3 Å². The minimum absolute atomic E-state index is 0. The number of fused-ring (bicyclic) bond motifs is 2. The van der Waals surface area contributed by atoms with Crippen molar-refractivity contribution in [3.63, 3.8) is 0 Å². The van der Waals surface area contributed by atoms with Crippen LogP contribution in [0.1, 0.15) is 50.4 Å². The van der Waals surface area contributed by atoms with Crippen molar-refractivity contribution in [1.29, 1.82) is 5.26 Å². The number of nitrogens with zero attached hydrogens (tertiary/aromatic N) is 3. The number of esters is 1. The molecule has 3 atom stereocenters. The van der Waals surface area contributed by atoms with E-state index in [2.05, 4.69) is 9.80 Å². The molecule has 2 saturated heterocycles. The second-order valence-electron chi connectivity index (χ2n) is 9.32. The van der Waals surface area contributed by atoms with E-state index in [-0.39, 0.29) is 41.8 Å². The van der Waals surface area contributed by atoms with Gasteiger partial charge in [-0.25, -0.2) is 9.18 Å². The molecule has 0 spiro atoms. The molecule has 0 saturated carbocycles. The van der Waals surface area contributed by atoms with Gasteiger partial charge in [-0.1, -0.05) is 6.07 Å². The normalized spacial score (nSPS) is 22.6. The molecule has 0 aromatic heterocycles. The number of ether oxygens (including phenoxy) is 3. The van der Waals surface area contributed by atoms with Crippen LogP contribution in [0, 0.1) is 24.1 Å². The Morgan fingerprint density at radius 3 is 2.86 bits per heavy atom. The van der Waals surface area contributed by atoms with Crippen LogP contribution in [0.5, 0.6) is 5.75 Å². The molecule has 2 aromatic rings. The second kappa shape index (κ2) is 10.7. The van der Waals surface area contributed by atoms with E-state index in [1.807, 2.05) is 19.1 Å². The van der Waals surface area contributed by atoms with E-state index in [0.717, 1.165) is 42.9 Å². The summed E-state index contributed by atoms with van der Waals surface area (Å²) < 4.78 is 30.8. The fourth-order valence-corrected chi connectivity index (χ4v) is 5.33. The number of aliphatic hydroxyl groups excluding tert-OH is 1. The predicted octanol–water partition coefficient (Wildman–Crippen LogP) is 2.90. The van der Waals surface area contributed by atoms with Crippen molar-refractivity contribution in [2.45, 2.75) is 31.8 Å². The number of β-amino-alcohol motifs (C(OH)–C–C–N with tert-alkyl or cyclic N) is 1. The molecular weight excluding hydrogens is 489 g/mol. The molecule has 3 aliphatic heterocycles. The number of halogens is 2. The van der Waals surface area contributed by atoms with E-state index in [4.69, 9.17) is 19.5 Å². The van der Waals surface area contributed by atoms with Gasteiger partial charge in [-0.15, -0.1) is 12.4 Å². The second-order valence-corrected chi connectivity index (χ2v) is 9.32. The standard InChI is InChI=1S/C26H28FN3O5.ClH/c1-15-18(3-4-19-21(15)14-35-26(19)32)25-12-30-6-5-29(10-17(30)13-34-25)11-23(31)16-7-22(27)20(9-28)24(8-16)33-2;/h3-4,7-8,17,23,25,31H,5-6,10-14H2,1-2H3;1H/t17-,23?,25-;/m0./s1. The summed E-state index contributed by atoms with van der Waals surface area (Å²) in [5.74, 6) is -0.842. The summed E-state index contributed by atoms with van der Waals surface area (Å²) >= 11 is 0. The summed E-state index contributed by atoms with van der Waals surface area (Å²) in [7, 11) is 1.37. The molecule has 0 amide bonds. The van der Waals surface area contributed by atoms with Crippen molar-refractivity contribution >= 4 is 18.4 Å². The summed E-state index contributed by atoms with van der Waals surface area (Å²) in [5, 5.41) is 19.9. The van der Waals surface area contributed by atoms with Gasteiger partial charge in [0.05, 0.1) is 31.5 Å². The highest BCUT2D eigenvalue weighted by atomic mass is 35.5. The van der Waals surface area contributed by atoms with Crippen LogP contribution in [-0.2, 0) is 16.1 Å². The third-order valence-corrected chi connectivity index (χ3v) is 7.36. The van der Waals surface area contributed by atoms with Crippen LogP contribution < -0.4 is 4.74 Å². The number of aliphatic hydroxyl groups is 1. The van der Waals surface area contributed by atoms with Crippen LogP contribution >= 0.6 is 12.4 Å². The number of carbonyl (C=O) groups excluding carboxylic acids is 1. The number of morpholine rings is 1. The molecule has 0 aliphatic carbocycles. The lowest BCUT2D eigenvalue weighted by molar-refractivity contribution is -0.0939. The number of benzene rings is 2. The first-order valence-corrected chi connectivity index (χ1v) is 11.7. The Labute approximate surface area is 215 Å². The highest BCUT2D eigenvalue weighted by Crippen LogP contribution is 2.34. The highest BCUT2D eigenvalue weighted by molar-refractivity contribution is 5.94. The Kier molecular flexibility index (Phi) is 7.83. The zero-order valence-electron chi connectivity index (χ0n) is 20.2. The quantitative estimate of drug-likeness (QED) is 0.605. The van der Waals surface area contributed by atoms with Gasteiger partial charge in [-0.2, -0.15) is 5.26 Å². The average Bonchev–Trinajstić information content (AvgIpc) is 3.24. The van der Waals surface area contributed by atoms with Crippen molar-refractivity contribution in [2.24, 2.45) is 0 Å². The molecule has 10 heteroatoms. The molecule has 1 N–H and O–H groups in total. The van der Waals surface area contributed by atoms with Crippen LogP contribution in [0.25, 0.3) is 0 Å². The van der Waals surface area contributed by atoms with E-state index >= 15 is 0 Å². The van der Waals surface area contributed by atoms with Gasteiger partial charge in [0.1, 0.15) is 29.8 Å². The van der Waals surface area contributed by atoms with E-state index in [0.29, 0.717) is 30.9 Å². The van der Waals surface area contributed by atoms with Crippen molar-refractivity contribution in [2.75, 3.05) is 46.4 Å². The molecule has 2 aromatic carbocycles. The molecule has 192 valence electrons. The maximum Gasteiger partial charge on any atom is 0.338 e. The molecule has 8 nitrogen and oxygen atoms in total. The number of nitriles is 1. The van der Waals surface area contributed by atoms with Gasteiger partial charge in [0.25, 0.3) is 0 Å². The fourth-order valence-electron chi connectivity index (χ4n) is 5.33. The van der Waals surface area contributed by atoms with Gasteiger partial charge in [-0.05, 0) is 41.8 Å². The molecule has 0 radical (unpaired) electrons. The molecule has 3 aliphatic rings. The van der Waals surface area contributed by atoms with Crippen molar-refractivity contribution in [3.8, 4) is 11.8 Å². The first-order valence-electron chi connectivity index (χ1n) is 11.7. The Balaban J connectivity index is 0.00000304. The van der Waals surface area contributed by atoms with E-state index in [9.17, 15) is 14.3 Å². The van der Waals surface area contributed by atoms with Crippen molar-refractivity contribution in [1.82, 2.24) is 9.80 Å². The van der Waals surface area contributed by atoms with Crippen LogP contribution in [0.4, 0.5) is 4.39 Å². The molecule has 0 bridgehead atoms. The molecule has 2 fully saturated rings. The highest BCUT2D eigenvalue weighted by Gasteiger charge is 2.36. The van der Waals surface area contributed by atoms with Gasteiger partial charge in [0.2, 0.25) is 0 Å². The average molecular weight is 518 g/mol. The summed E-state index contributed by atoms with van der Waals surface area (Å²) in [4.78, 5) is 16.4. The zero-order valence-corrected chi connectivity index (χ0v) is 21.0. The van der Waals surface area contributed by atoms with Crippen molar-refractivity contribution < 1.29 is 28.5 Å². The lowest BCUT2D eigenvalue weighted by Gasteiger charge is -2.46. The summed E-state index contributed by atoms with van der Waals surface area (Å²) in [5.41, 5.74) is 3.97.